The van der Waals surface area contributed by atoms with E-state index in [-0.39, 0.29) is 18.1 Å². The highest BCUT2D eigenvalue weighted by Crippen LogP contribution is 2.19. The van der Waals surface area contributed by atoms with E-state index in [0.717, 1.165) is 0 Å². The summed E-state index contributed by atoms with van der Waals surface area (Å²) in [5.41, 5.74) is 6.24. The molecule has 0 saturated carbocycles. The Balaban J connectivity index is 2.58. The molecular weight excluding hydrogens is 260 g/mol. The molecule has 0 aromatic carbocycles. The zero-order chi connectivity index (χ0) is 15.0. The van der Waals surface area contributed by atoms with Crippen LogP contribution in [0.4, 0.5) is 5.69 Å². The van der Waals surface area contributed by atoms with Gasteiger partial charge in [-0.1, -0.05) is 13.8 Å². The number of pyridine rings is 1. The molecule has 1 heterocycles. The second-order valence-electron chi connectivity index (χ2n) is 4.66. The molecule has 0 aliphatic heterocycles. The van der Waals surface area contributed by atoms with Gasteiger partial charge in [0.25, 0.3) is 0 Å². The first-order chi connectivity index (χ1) is 9.54. The SMILES string of the molecule is CCOC(=O)c1cc(N)cnc1OCCOCC(C)C. The number of nitrogen functional groups attached to an aromatic ring is 1. The zero-order valence-electron chi connectivity index (χ0n) is 12.2. The topological polar surface area (TPSA) is 83.7 Å². The molecule has 6 nitrogen and oxygen atoms in total. The van der Waals surface area contributed by atoms with E-state index in [2.05, 4.69) is 18.8 Å². The van der Waals surface area contributed by atoms with Crippen molar-refractivity contribution >= 4 is 11.7 Å². The molecule has 0 unspecified atom stereocenters. The zero-order valence-corrected chi connectivity index (χ0v) is 12.2. The lowest BCUT2D eigenvalue weighted by molar-refractivity contribution is 0.0513. The van der Waals surface area contributed by atoms with Gasteiger partial charge in [0.2, 0.25) is 5.88 Å². The normalized spacial score (nSPS) is 10.6. The number of aromatic nitrogens is 1. The Morgan fingerprint density at radius 3 is 2.80 bits per heavy atom. The summed E-state index contributed by atoms with van der Waals surface area (Å²) in [5, 5.41) is 0. The van der Waals surface area contributed by atoms with Gasteiger partial charge in [0.05, 0.1) is 25.1 Å². The number of hydrogen-bond donors (Lipinski definition) is 1. The van der Waals surface area contributed by atoms with Crippen molar-refractivity contribution in [3.05, 3.63) is 17.8 Å². The van der Waals surface area contributed by atoms with Crippen molar-refractivity contribution in [3.63, 3.8) is 0 Å². The second kappa shape index (κ2) is 8.37. The van der Waals surface area contributed by atoms with Crippen LogP contribution in [0.15, 0.2) is 12.3 Å². The van der Waals surface area contributed by atoms with E-state index >= 15 is 0 Å². The molecule has 112 valence electrons. The summed E-state index contributed by atoms with van der Waals surface area (Å²) >= 11 is 0. The lowest BCUT2D eigenvalue weighted by atomic mass is 10.2. The smallest absolute Gasteiger partial charge is 0.343 e. The van der Waals surface area contributed by atoms with Crippen LogP contribution in [0.3, 0.4) is 0 Å². The maximum absolute atomic E-state index is 11.8. The van der Waals surface area contributed by atoms with Gasteiger partial charge >= 0.3 is 5.97 Å². The Morgan fingerprint density at radius 1 is 1.40 bits per heavy atom. The largest absolute Gasteiger partial charge is 0.475 e. The van der Waals surface area contributed by atoms with Crippen molar-refractivity contribution in [1.82, 2.24) is 4.98 Å². The maximum Gasteiger partial charge on any atom is 0.343 e. The number of nitrogens with two attached hydrogens (primary N) is 1. The molecule has 20 heavy (non-hydrogen) atoms. The van der Waals surface area contributed by atoms with Crippen molar-refractivity contribution in [1.29, 1.82) is 0 Å². The first-order valence-corrected chi connectivity index (χ1v) is 6.67. The van der Waals surface area contributed by atoms with Crippen LogP contribution >= 0.6 is 0 Å². The molecule has 0 saturated heterocycles. The third-order valence-electron chi connectivity index (χ3n) is 2.29. The van der Waals surface area contributed by atoms with Crippen LogP contribution in [-0.2, 0) is 9.47 Å². The van der Waals surface area contributed by atoms with E-state index in [1.54, 1.807) is 6.92 Å². The monoisotopic (exact) mass is 282 g/mol. The van der Waals surface area contributed by atoms with Gasteiger partial charge in [0, 0.05) is 6.61 Å². The van der Waals surface area contributed by atoms with Crippen molar-refractivity contribution < 1.29 is 19.0 Å². The Hall–Kier alpha value is -1.82. The lowest BCUT2D eigenvalue weighted by Gasteiger charge is -2.11. The molecule has 1 aromatic rings. The molecule has 0 amide bonds. The lowest BCUT2D eigenvalue weighted by Crippen LogP contribution is -2.14. The van der Waals surface area contributed by atoms with Crippen molar-refractivity contribution in [2.75, 3.05) is 32.2 Å². The summed E-state index contributed by atoms with van der Waals surface area (Å²) in [6.45, 7) is 7.58. The molecule has 0 atom stereocenters. The fraction of sp³-hybridized carbons (Fsp3) is 0.571. The van der Waals surface area contributed by atoms with Crippen LogP contribution in [0.5, 0.6) is 5.88 Å². The summed E-state index contributed by atoms with van der Waals surface area (Å²) in [5.74, 6) is 0.191. The van der Waals surface area contributed by atoms with Gasteiger partial charge in [-0.3, -0.25) is 0 Å². The van der Waals surface area contributed by atoms with Gasteiger partial charge in [-0.2, -0.15) is 0 Å². The number of carbonyl (C=O) groups excluding carboxylic acids is 1. The summed E-state index contributed by atoms with van der Waals surface area (Å²) in [7, 11) is 0. The standard InChI is InChI=1S/C14H22N2O4/c1-4-19-14(17)12-7-11(15)8-16-13(12)20-6-5-18-9-10(2)3/h7-8,10H,4-6,9,15H2,1-3H3. The number of ether oxygens (including phenoxy) is 3. The molecule has 1 rings (SSSR count). The third-order valence-corrected chi connectivity index (χ3v) is 2.29. The molecule has 0 fully saturated rings. The molecule has 0 radical (unpaired) electrons. The molecule has 6 heteroatoms. The van der Waals surface area contributed by atoms with Gasteiger partial charge < -0.3 is 19.9 Å². The Morgan fingerprint density at radius 2 is 2.15 bits per heavy atom. The highest BCUT2D eigenvalue weighted by Gasteiger charge is 2.15. The van der Waals surface area contributed by atoms with Crippen LogP contribution in [0.1, 0.15) is 31.1 Å². The Kier molecular flexibility index (Phi) is 6.79. The maximum atomic E-state index is 11.8. The number of rotatable bonds is 8. The van der Waals surface area contributed by atoms with E-state index in [1.807, 2.05) is 0 Å². The second-order valence-corrected chi connectivity index (χ2v) is 4.66. The minimum absolute atomic E-state index is 0.214. The Labute approximate surface area is 119 Å². The minimum atomic E-state index is -0.495. The summed E-state index contributed by atoms with van der Waals surface area (Å²) < 4.78 is 15.8. The van der Waals surface area contributed by atoms with Crippen molar-refractivity contribution in [3.8, 4) is 5.88 Å². The molecule has 0 aliphatic rings. The number of carbonyl (C=O) groups is 1. The van der Waals surface area contributed by atoms with E-state index in [9.17, 15) is 4.79 Å². The average molecular weight is 282 g/mol. The summed E-state index contributed by atoms with van der Waals surface area (Å²) in [6, 6.07) is 1.50. The summed E-state index contributed by atoms with van der Waals surface area (Å²) in [4.78, 5) is 15.8. The van der Waals surface area contributed by atoms with Crippen LogP contribution in [0.25, 0.3) is 0 Å². The summed E-state index contributed by atoms with van der Waals surface area (Å²) in [6.07, 6.45) is 1.44. The first kappa shape index (κ1) is 16.2. The van der Waals surface area contributed by atoms with Gasteiger partial charge in [0.15, 0.2) is 0 Å². The van der Waals surface area contributed by atoms with Gasteiger partial charge in [-0.05, 0) is 18.9 Å². The third kappa shape index (κ3) is 5.44. The highest BCUT2D eigenvalue weighted by molar-refractivity contribution is 5.92. The quantitative estimate of drug-likeness (QED) is 0.579. The van der Waals surface area contributed by atoms with Gasteiger partial charge in [-0.15, -0.1) is 0 Å². The van der Waals surface area contributed by atoms with E-state index in [1.165, 1.54) is 12.3 Å². The molecule has 0 spiro atoms. The number of nitrogens with zero attached hydrogens (tertiary/aromatic N) is 1. The average Bonchev–Trinajstić information content (AvgIpc) is 2.39. The molecule has 0 bridgehead atoms. The van der Waals surface area contributed by atoms with Crippen LogP contribution in [0.2, 0.25) is 0 Å². The van der Waals surface area contributed by atoms with E-state index < -0.39 is 5.97 Å². The fourth-order valence-corrected chi connectivity index (χ4v) is 1.45. The number of anilines is 1. The predicted octanol–water partition coefficient (Wildman–Crippen LogP) is 1.89. The number of esters is 1. The van der Waals surface area contributed by atoms with Crippen LogP contribution < -0.4 is 10.5 Å². The molecule has 0 aliphatic carbocycles. The highest BCUT2D eigenvalue weighted by atomic mass is 16.5. The minimum Gasteiger partial charge on any atom is -0.475 e. The fourth-order valence-electron chi connectivity index (χ4n) is 1.45. The van der Waals surface area contributed by atoms with Gasteiger partial charge in [-0.25, -0.2) is 9.78 Å². The van der Waals surface area contributed by atoms with Gasteiger partial charge in [0.1, 0.15) is 12.2 Å². The molecular formula is C14H22N2O4. The molecule has 1 aromatic heterocycles. The van der Waals surface area contributed by atoms with Crippen LogP contribution in [0, 0.1) is 5.92 Å². The van der Waals surface area contributed by atoms with E-state index in [0.29, 0.717) is 31.4 Å². The Bertz CT molecular complexity index is 435. The van der Waals surface area contributed by atoms with Crippen molar-refractivity contribution in [2.24, 2.45) is 5.92 Å². The first-order valence-electron chi connectivity index (χ1n) is 6.67. The predicted molar refractivity (Wildman–Crippen MR) is 75.8 cm³/mol. The molecule has 2 N–H and O–H groups in total. The van der Waals surface area contributed by atoms with Crippen molar-refractivity contribution in [2.45, 2.75) is 20.8 Å². The van der Waals surface area contributed by atoms with Crippen LogP contribution in [-0.4, -0.2) is 37.4 Å². The number of hydrogen-bond acceptors (Lipinski definition) is 6. The van der Waals surface area contributed by atoms with E-state index in [4.69, 9.17) is 19.9 Å².